The Morgan fingerprint density at radius 2 is 2.22 bits per heavy atom. The highest BCUT2D eigenvalue weighted by molar-refractivity contribution is 14.1. The number of aromatic nitrogens is 2. The van der Waals surface area contributed by atoms with E-state index >= 15 is 0 Å². The van der Waals surface area contributed by atoms with Gasteiger partial charge in [-0.2, -0.15) is 0 Å². The first-order chi connectivity index (χ1) is 8.72. The molecule has 1 aromatic heterocycles. The third-order valence-corrected chi connectivity index (χ3v) is 4.00. The SMILES string of the molecule is NCCC(c1nc(Cl)ncc1I)N1CCOCC1. The molecule has 1 atom stereocenters. The predicted molar refractivity (Wildman–Crippen MR) is 78.6 cm³/mol. The molecule has 2 rings (SSSR count). The van der Waals surface area contributed by atoms with Gasteiger partial charge in [0.25, 0.3) is 0 Å². The Balaban J connectivity index is 2.24. The van der Waals surface area contributed by atoms with E-state index in [0.29, 0.717) is 11.8 Å². The van der Waals surface area contributed by atoms with Crippen molar-refractivity contribution >= 4 is 34.2 Å². The summed E-state index contributed by atoms with van der Waals surface area (Å²) in [5, 5.41) is 0.292. The summed E-state index contributed by atoms with van der Waals surface area (Å²) in [6, 6.07) is 0.200. The normalized spacial score (nSPS) is 18.8. The molecule has 1 unspecified atom stereocenters. The van der Waals surface area contributed by atoms with Crippen LogP contribution in [-0.4, -0.2) is 47.7 Å². The Kier molecular flexibility index (Phi) is 5.56. The molecule has 1 aromatic rings. The monoisotopic (exact) mass is 382 g/mol. The number of hydrogen-bond acceptors (Lipinski definition) is 5. The molecule has 5 nitrogen and oxygen atoms in total. The number of halogens is 2. The topological polar surface area (TPSA) is 64.3 Å². The molecule has 2 N–H and O–H groups in total. The Morgan fingerprint density at radius 1 is 1.50 bits per heavy atom. The Hall–Kier alpha value is -0.0200. The fourth-order valence-electron chi connectivity index (χ4n) is 2.13. The van der Waals surface area contributed by atoms with Crippen LogP contribution in [0.1, 0.15) is 18.2 Å². The molecular weight excluding hydrogens is 367 g/mol. The Labute approximate surface area is 125 Å². The standard InChI is InChI=1S/C11H16ClIN4O/c12-11-15-7-8(13)10(16-11)9(1-2-14)17-3-5-18-6-4-17/h7,9H,1-6,14H2. The molecule has 0 radical (unpaired) electrons. The van der Waals surface area contributed by atoms with Gasteiger partial charge in [0.15, 0.2) is 0 Å². The average molecular weight is 383 g/mol. The summed E-state index contributed by atoms with van der Waals surface area (Å²) < 4.78 is 6.41. The van der Waals surface area contributed by atoms with E-state index in [0.717, 1.165) is 42.0 Å². The lowest BCUT2D eigenvalue weighted by Gasteiger charge is -2.34. The van der Waals surface area contributed by atoms with Crippen molar-refractivity contribution in [1.29, 1.82) is 0 Å². The van der Waals surface area contributed by atoms with Gasteiger partial charge in [0.1, 0.15) is 0 Å². The van der Waals surface area contributed by atoms with Gasteiger partial charge in [0, 0.05) is 19.3 Å². The van der Waals surface area contributed by atoms with Crippen LogP contribution in [0.25, 0.3) is 0 Å². The largest absolute Gasteiger partial charge is 0.379 e. The van der Waals surface area contributed by atoms with Crippen molar-refractivity contribution in [1.82, 2.24) is 14.9 Å². The van der Waals surface area contributed by atoms with Crippen molar-refractivity contribution in [2.75, 3.05) is 32.8 Å². The molecule has 7 heteroatoms. The van der Waals surface area contributed by atoms with Crippen LogP contribution in [0.2, 0.25) is 5.28 Å². The minimum absolute atomic E-state index is 0.200. The fourth-order valence-corrected chi connectivity index (χ4v) is 2.89. The lowest BCUT2D eigenvalue weighted by atomic mass is 10.1. The lowest BCUT2D eigenvalue weighted by molar-refractivity contribution is 0.0136. The van der Waals surface area contributed by atoms with E-state index in [1.807, 2.05) is 0 Å². The quantitative estimate of drug-likeness (QED) is 0.631. The van der Waals surface area contributed by atoms with Crippen LogP contribution >= 0.6 is 34.2 Å². The zero-order chi connectivity index (χ0) is 13.0. The lowest BCUT2D eigenvalue weighted by Crippen LogP contribution is -2.40. The van der Waals surface area contributed by atoms with Crippen LogP contribution in [0.4, 0.5) is 0 Å². The molecule has 1 aliphatic rings. The molecule has 1 fully saturated rings. The third-order valence-electron chi connectivity index (χ3n) is 2.98. The molecule has 18 heavy (non-hydrogen) atoms. The second-order valence-corrected chi connectivity index (χ2v) is 5.61. The first-order valence-corrected chi connectivity index (χ1v) is 7.38. The minimum atomic E-state index is 0.200. The summed E-state index contributed by atoms with van der Waals surface area (Å²) in [5.74, 6) is 0. The van der Waals surface area contributed by atoms with Crippen LogP contribution in [0.3, 0.4) is 0 Å². The highest BCUT2D eigenvalue weighted by atomic mass is 127. The van der Waals surface area contributed by atoms with Gasteiger partial charge in [-0.25, -0.2) is 9.97 Å². The molecule has 1 saturated heterocycles. The van der Waals surface area contributed by atoms with Crippen molar-refractivity contribution in [3.63, 3.8) is 0 Å². The number of nitrogens with two attached hydrogens (primary N) is 1. The molecular formula is C11H16ClIN4O. The Bertz CT molecular complexity index is 401. The summed E-state index contributed by atoms with van der Waals surface area (Å²) in [6.07, 6.45) is 2.62. The molecule has 2 heterocycles. The van der Waals surface area contributed by atoms with Crippen molar-refractivity contribution in [3.8, 4) is 0 Å². The van der Waals surface area contributed by atoms with Gasteiger partial charge in [-0.3, -0.25) is 4.90 Å². The van der Waals surface area contributed by atoms with Crippen molar-refractivity contribution < 1.29 is 4.74 Å². The fraction of sp³-hybridized carbons (Fsp3) is 0.636. The number of ether oxygens (including phenoxy) is 1. The van der Waals surface area contributed by atoms with Crippen molar-refractivity contribution in [2.24, 2.45) is 5.73 Å². The van der Waals surface area contributed by atoms with Gasteiger partial charge < -0.3 is 10.5 Å². The van der Waals surface area contributed by atoms with Crippen LogP contribution < -0.4 is 5.73 Å². The maximum absolute atomic E-state index is 5.90. The van der Waals surface area contributed by atoms with E-state index in [1.54, 1.807) is 6.20 Å². The van der Waals surface area contributed by atoms with E-state index in [-0.39, 0.29) is 6.04 Å². The molecule has 1 aliphatic heterocycles. The smallest absolute Gasteiger partial charge is 0.222 e. The summed E-state index contributed by atoms with van der Waals surface area (Å²) in [5.41, 5.74) is 6.70. The zero-order valence-electron chi connectivity index (χ0n) is 9.98. The molecule has 0 saturated carbocycles. The van der Waals surface area contributed by atoms with Crippen LogP contribution in [0.5, 0.6) is 0 Å². The number of morpholine rings is 1. The number of rotatable bonds is 4. The van der Waals surface area contributed by atoms with Crippen LogP contribution in [0, 0.1) is 3.57 Å². The van der Waals surface area contributed by atoms with E-state index in [1.165, 1.54) is 0 Å². The van der Waals surface area contributed by atoms with Gasteiger partial charge in [-0.1, -0.05) is 0 Å². The van der Waals surface area contributed by atoms with Gasteiger partial charge in [-0.15, -0.1) is 0 Å². The van der Waals surface area contributed by atoms with E-state index < -0.39 is 0 Å². The van der Waals surface area contributed by atoms with Crippen LogP contribution in [0.15, 0.2) is 6.20 Å². The maximum Gasteiger partial charge on any atom is 0.222 e. The Morgan fingerprint density at radius 3 is 2.89 bits per heavy atom. The molecule has 0 aromatic carbocycles. The summed E-state index contributed by atoms with van der Waals surface area (Å²) in [4.78, 5) is 10.7. The summed E-state index contributed by atoms with van der Waals surface area (Å²) in [7, 11) is 0. The molecule has 100 valence electrons. The third kappa shape index (κ3) is 3.51. The zero-order valence-corrected chi connectivity index (χ0v) is 12.9. The van der Waals surface area contributed by atoms with Gasteiger partial charge in [0.05, 0.1) is 28.5 Å². The van der Waals surface area contributed by atoms with E-state index in [4.69, 9.17) is 22.1 Å². The van der Waals surface area contributed by atoms with Crippen molar-refractivity contribution in [3.05, 3.63) is 20.7 Å². The second kappa shape index (κ2) is 6.95. The summed E-state index contributed by atoms with van der Waals surface area (Å²) in [6.45, 7) is 3.96. The first-order valence-electron chi connectivity index (χ1n) is 5.92. The highest BCUT2D eigenvalue weighted by Crippen LogP contribution is 2.27. The van der Waals surface area contributed by atoms with Gasteiger partial charge in [-0.05, 0) is 47.2 Å². The first kappa shape index (κ1) is 14.4. The number of nitrogens with zero attached hydrogens (tertiary/aromatic N) is 3. The van der Waals surface area contributed by atoms with Crippen LogP contribution in [-0.2, 0) is 4.74 Å². The molecule has 0 amide bonds. The predicted octanol–water partition coefficient (Wildman–Crippen LogP) is 1.46. The maximum atomic E-state index is 5.90. The number of hydrogen-bond donors (Lipinski definition) is 1. The molecule has 0 bridgehead atoms. The highest BCUT2D eigenvalue weighted by Gasteiger charge is 2.25. The minimum Gasteiger partial charge on any atom is -0.379 e. The van der Waals surface area contributed by atoms with E-state index in [9.17, 15) is 0 Å². The van der Waals surface area contributed by atoms with Crippen molar-refractivity contribution in [2.45, 2.75) is 12.5 Å². The van der Waals surface area contributed by atoms with E-state index in [2.05, 4.69) is 37.5 Å². The second-order valence-electron chi connectivity index (χ2n) is 4.11. The molecule has 0 spiro atoms. The van der Waals surface area contributed by atoms with Gasteiger partial charge in [0.2, 0.25) is 5.28 Å². The summed E-state index contributed by atoms with van der Waals surface area (Å²) >= 11 is 8.15. The molecule has 0 aliphatic carbocycles. The van der Waals surface area contributed by atoms with Gasteiger partial charge >= 0.3 is 0 Å². The average Bonchev–Trinajstić information content (AvgIpc) is 2.40.